The van der Waals surface area contributed by atoms with E-state index in [1.54, 1.807) is 19.5 Å². The van der Waals surface area contributed by atoms with Crippen LogP contribution in [0.15, 0.2) is 18.5 Å². The summed E-state index contributed by atoms with van der Waals surface area (Å²) in [5, 5.41) is 0. The molecule has 68 valence electrons. The molecule has 1 heterocycles. The maximum Gasteiger partial charge on any atom is 0.138 e. The maximum absolute atomic E-state index is 5.31. The lowest BCUT2D eigenvalue weighted by Gasteiger charge is -1.97. The molecule has 0 aliphatic carbocycles. The third-order valence-corrected chi connectivity index (χ3v) is 1.45. The lowest BCUT2D eigenvalue weighted by molar-refractivity contribution is 0.413. The van der Waals surface area contributed by atoms with Gasteiger partial charge < -0.3 is 10.5 Å². The van der Waals surface area contributed by atoms with Crippen molar-refractivity contribution in [1.29, 1.82) is 0 Å². The fourth-order valence-corrected chi connectivity index (χ4v) is 0.836. The van der Waals surface area contributed by atoms with Gasteiger partial charge in [0.05, 0.1) is 13.3 Å². The Morgan fingerprint density at radius 1 is 1.54 bits per heavy atom. The number of rotatable bonds is 2. The van der Waals surface area contributed by atoms with E-state index < -0.39 is 0 Å². The highest BCUT2D eigenvalue weighted by molar-refractivity contribution is 5.36. The molecule has 1 aromatic rings. The van der Waals surface area contributed by atoms with Gasteiger partial charge in [-0.3, -0.25) is 4.98 Å². The van der Waals surface area contributed by atoms with Crippen LogP contribution in [0.1, 0.15) is 12.0 Å². The van der Waals surface area contributed by atoms with Crippen molar-refractivity contribution in [2.24, 2.45) is 5.73 Å². The molecule has 0 atom stereocenters. The summed E-state index contributed by atoms with van der Waals surface area (Å²) in [6, 6.07) is 1.84. The van der Waals surface area contributed by atoms with Gasteiger partial charge in [-0.2, -0.15) is 0 Å². The Labute approximate surface area is 77.9 Å². The van der Waals surface area contributed by atoms with E-state index in [0.29, 0.717) is 13.0 Å². The van der Waals surface area contributed by atoms with Gasteiger partial charge >= 0.3 is 0 Å². The molecule has 0 saturated heterocycles. The molecule has 0 fully saturated rings. The number of aromatic nitrogens is 1. The van der Waals surface area contributed by atoms with Gasteiger partial charge in [0.2, 0.25) is 0 Å². The van der Waals surface area contributed by atoms with Crippen molar-refractivity contribution in [2.75, 3.05) is 13.7 Å². The molecule has 3 heteroatoms. The Morgan fingerprint density at radius 2 is 2.38 bits per heavy atom. The molecule has 0 saturated carbocycles. The summed E-state index contributed by atoms with van der Waals surface area (Å²) in [5.74, 6) is 6.60. The monoisotopic (exact) mass is 176 g/mol. The molecule has 0 aliphatic heterocycles. The largest absolute Gasteiger partial charge is 0.495 e. The summed E-state index contributed by atoms with van der Waals surface area (Å²) in [7, 11) is 1.61. The number of hydrogen-bond donors (Lipinski definition) is 1. The van der Waals surface area contributed by atoms with Gasteiger partial charge in [0.25, 0.3) is 0 Å². The maximum atomic E-state index is 5.31. The smallest absolute Gasteiger partial charge is 0.138 e. The highest BCUT2D eigenvalue weighted by atomic mass is 16.5. The molecular weight excluding hydrogens is 164 g/mol. The normalized spacial score (nSPS) is 8.77. The second-order valence-corrected chi connectivity index (χ2v) is 2.45. The topological polar surface area (TPSA) is 48.1 Å². The quantitative estimate of drug-likeness (QED) is 0.678. The molecule has 3 nitrogen and oxygen atoms in total. The highest BCUT2D eigenvalue weighted by Gasteiger charge is 1.91. The zero-order valence-electron chi connectivity index (χ0n) is 7.58. The van der Waals surface area contributed by atoms with Crippen molar-refractivity contribution < 1.29 is 4.74 Å². The molecule has 1 rings (SSSR count). The van der Waals surface area contributed by atoms with Gasteiger partial charge in [-0.1, -0.05) is 11.8 Å². The summed E-state index contributed by atoms with van der Waals surface area (Å²) in [6.07, 6.45) is 4.05. The van der Waals surface area contributed by atoms with Gasteiger partial charge in [0.1, 0.15) is 5.75 Å². The van der Waals surface area contributed by atoms with E-state index >= 15 is 0 Å². The van der Waals surface area contributed by atoms with E-state index in [2.05, 4.69) is 16.8 Å². The minimum absolute atomic E-state index is 0.588. The van der Waals surface area contributed by atoms with Crippen LogP contribution in [0.3, 0.4) is 0 Å². The molecule has 2 N–H and O–H groups in total. The molecule has 0 aliphatic rings. The van der Waals surface area contributed by atoms with E-state index in [-0.39, 0.29) is 0 Å². The third kappa shape index (κ3) is 3.14. The van der Waals surface area contributed by atoms with Crippen LogP contribution in [-0.2, 0) is 0 Å². The lowest BCUT2D eigenvalue weighted by Crippen LogP contribution is -1.95. The summed E-state index contributed by atoms with van der Waals surface area (Å²) in [4.78, 5) is 3.98. The molecule has 13 heavy (non-hydrogen) atoms. The molecule has 0 bridgehead atoms. The molecular formula is C10H12N2O. The molecule has 0 amide bonds. The number of ether oxygens (including phenoxy) is 1. The molecule has 0 aromatic carbocycles. The molecule has 0 unspecified atom stereocenters. The second kappa shape index (κ2) is 5.18. The number of nitrogens with two attached hydrogens (primary N) is 1. The minimum atomic E-state index is 0.588. The molecule has 0 radical (unpaired) electrons. The van der Waals surface area contributed by atoms with Crippen LogP contribution in [0.25, 0.3) is 0 Å². The summed E-state index contributed by atoms with van der Waals surface area (Å²) in [6.45, 7) is 0.588. The predicted octanol–water partition coefficient (Wildman–Crippen LogP) is 0.790. The number of hydrogen-bond acceptors (Lipinski definition) is 3. The Kier molecular flexibility index (Phi) is 3.80. The predicted molar refractivity (Wildman–Crippen MR) is 51.3 cm³/mol. The average molecular weight is 176 g/mol. The van der Waals surface area contributed by atoms with Crippen LogP contribution in [0.4, 0.5) is 0 Å². The van der Waals surface area contributed by atoms with Crippen LogP contribution < -0.4 is 10.5 Å². The Hall–Kier alpha value is -1.53. The fourth-order valence-electron chi connectivity index (χ4n) is 0.836. The van der Waals surface area contributed by atoms with E-state index in [1.165, 1.54) is 0 Å². The number of pyridine rings is 1. The van der Waals surface area contributed by atoms with Crippen molar-refractivity contribution >= 4 is 0 Å². The van der Waals surface area contributed by atoms with Gasteiger partial charge in [0.15, 0.2) is 0 Å². The standard InChI is InChI=1S/C10H12N2O/c1-13-10-6-9(7-12-8-10)4-2-3-5-11/h6-8H,3,5,11H2,1H3. The fraction of sp³-hybridized carbons (Fsp3) is 0.300. The number of nitrogens with zero attached hydrogens (tertiary/aromatic N) is 1. The summed E-state index contributed by atoms with van der Waals surface area (Å²) >= 11 is 0. The minimum Gasteiger partial charge on any atom is -0.495 e. The summed E-state index contributed by atoms with van der Waals surface area (Å²) in [5.41, 5.74) is 6.16. The third-order valence-electron chi connectivity index (χ3n) is 1.45. The Bertz CT molecular complexity index is 325. The first-order valence-corrected chi connectivity index (χ1v) is 4.05. The molecule has 0 spiro atoms. The van der Waals surface area contributed by atoms with Crippen LogP contribution >= 0.6 is 0 Å². The van der Waals surface area contributed by atoms with Crippen molar-refractivity contribution in [3.8, 4) is 17.6 Å². The van der Waals surface area contributed by atoms with Crippen molar-refractivity contribution in [1.82, 2.24) is 4.98 Å². The number of methoxy groups -OCH3 is 1. The molecule has 1 aromatic heterocycles. The first kappa shape index (κ1) is 9.56. The highest BCUT2D eigenvalue weighted by Crippen LogP contribution is 2.08. The van der Waals surface area contributed by atoms with Crippen LogP contribution in [0.2, 0.25) is 0 Å². The van der Waals surface area contributed by atoms with Gasteiger partial charge in [-0.15, -0.1) is 0 Å². The van der Waals surface area contributed by atoms with Gasteiger partial charge in [-0.05, 0) is 6.07 Å². The van der Waals surface area contributed by atoms with E-state index in [0.717, 1.165) is 11.3 Å². The zero-order valence-corrected chi connectivity index (χ0v) is 7.58. The average Bonchev–Trinajstić information content (AvgIpc) is 2.19. The van der Waals surface area contributed by atoms with Crippen molar-refractivity contribution in [2.45, 2.75) is 6.42 Å². The second-order valence-electron chi connectivity index (χ2n) is 2.45. The van der Waals surface area contributed by atoms with Crippen molar-refractivity contribution in [3.05, 3.63) is 24.0 Å². The zero-order chi connectivity index (χ0) is 9.52. The van der Waals surface area contributed by atoms with E-state index in [9.17, 15) is 0 Å². The van der Waals surface area contributed by atoms with Crippen LogP contribution in [0, 0.1) is 11.8 Å². The first-order valence-electron chi connectivity index (χ1n) is 4.05. The summed E-state index contributed by atoms with van der Waals surface area (Å²) < 4.78 is 5.01. The van der Waals surface area contributed by atoms with Gasteiger partial charge in [0, 0.05) is 24.7 Å². The van der Waals surface area contributed by atoms with E-state index in [4.69, 9.17) is 10.5 Å². The SMILES string of the molecule is COc1cncc(C#CCCN)c1. The van der Waals surface area contributed by atoms with Crippen LogP contribution in [0.5, 0.6) is 5.75 Å². The van der Waals surface area contributed by atoms with Crippen molar-refractivity contribution in [3.63, 3.8) is 0 Å². The lowest BCUT2D eigenvalue weighted by atomic mass is 10.2. The van der Waals surface area contributed by atoms with E-state index in [1.807, 2.05) is 6.07 Å². The van der Waals surface area contributed by atoms with Gasteiger partial charge in [-0.25, -0.2) is 0 Å². The Morgan fingerprint density at radius 3 is 3.08 bits per heavy atom. The first-order chi connectivity index (χ1) is 6.36. The Balaban J connectivity index is 2.73. The van der Waals surface area contributed by atoms with Crippen LogP contribution in [-0.4, -0.2) is 18.6 Å².